The van der Waals surface area contributed by atoms with Crippen LogP contribution in [0.2, 0.25) is 0 Å². The van der Waals surface area contributed by atoms with E-state index in [2.05, 4.69) is 25.1 Å². The quantitative estimate of drug-likeness (QED) is 0.469. The van der Waals surface area contributed by atoms with Gasteiger partial charge in [0.05, 0.1) is 24.2 Å². The fourth-order valence-corrected chi connectivity index (χ4v) is 4.71. The molecule has 6 rings (SSSR count). The van der Waals surface area contributed by atoms with Crippen molar-refractivity contribution in [2.45, 2.75) is 31.2 Å². The lowest BCUT2D eigenvalue weighted by Gasteiger charge is -2.26. The van der Waals surface area contributed by atoms with Gasteiger partial charge in [0.2, 0.25) is 5.82 Å². The number of aliphatic hydroxyl groups excluding tert-OH is 1. The molecule has 4 aromatic rings. The number of aromatic nitrogens is 5. The van der Waals surface area contributed by atoms with Gasteiger partial charge < -0.3 is 19.4 Å². The maximum atomic E-state index is 14.5. The van der Waals surface area contributed by atoms with Gasteiger partial charge in [-0.25, -0.2) is 28.1 Å². The molecule has 2 aliphatic heterocycles. The number of alkyl halides is 1. The second kappa shape index (κ2) is 8.45. The van der Waals surface area contributed by atoms with Crippen LogP contribution < -0.4 is 9.80 Å². The maximum absolute atomic E-state index is 14.5. The molecule has 180 valence electrons. The Morgan fingerprint density at radius 1 is 1.06 bits per heavy atom. The summed E-state index contributed by atoms with van der Waals surface area (Å²) in [5, 5.41) is 13.8. The fourth-order valence-electron chi connectivity index (χ4n) is 4.71. The third-order valence-corrected chi connectivity index (χ3v) is 6.39. The van der Waals surface area contributed by atoms with Gasteiger partial charge in [-0.2, -0.15) is 4.98 Å². The summed E-state index contributed by atoms with van der Waals surface area (Å²) in [6.45, 7) is 0.963. The number of hydrogen-bond donors (Lipinski definition) is 1. The van der Waals surface area contributed by atoms with Crippen molar-refractivity contribution in [2.75, 3.05) is 29.4 Å². The molecule has 0 bridgehead atoms. The Balaban J connectivity index is 1.39. The van der Waals surface area contributed by atoms with Crippen LogP contribution in [0, 0.1) is 11.6 Å². The number of fused-ring (bicyclic) bond motifs is 1. The highest BCUT2D eigenvalue weighted by Crippen LogP contribution is 2.39. The van der Waals surface area contributed by atoms with Crippen LogP contribution in [0.25, 0.3) is 22.6 Å². The lowest BCUT2D eigenvalue weighted by molar-refractivity contribution is 0.197. The van der Waals surface area contributed by atoms with E-state index in [-0.39, 0.29) is 30.4 Å². The van der Waals surface area contributed by atoms with E-state index in [4.69, 9.17) is 4.52 Å². The Morgan fingerprint density at radius 3 is 2.77 bits per heavy atom. The molecule has 0 radical (unpaired) electrons. The number of hydrogen-bond acceptors (Lipinski definition) is 9. The molecule has 3 atom stereocenters. The van der Waals surface area contributed by atoms with Gasteiger partial charge >= 0.3 is 6.01 Å². The number of rotatable bonds is 4. The molecule has 2 fully saturated rings. The van der Waals surface area contributed by atoms with Crippen molar-refractivity contribution < 1.29 is 22.8 Å². The lowest BCUT2D eigenvalue weighted by Crippen LogP contribution is -2.25. The molecular weight excluding hydrogens is 463 g/mol. The second-order valence-corrected chi connectivity index (χ2v) is 8.72. The van der Waals surface area contributed by atoms with Gasteiger partial charge in [-0.15, -0.1) is 0 Å². The highest BCUT2D eigenvalue weighted by molar-refractivity contribution is 5.87. The summed E-state index contributed by atoms with van der Waals surface area (Å²) < 4.78 is 48.3. The first kappa shape index (κ1) is 21.7. The van der Waals surface area contributed by atoms with E-state index in [0.29, 0.717) is 42.1 Å². The van der Waals surface area contributed by atoms with Gasteiger partial charge in [0.25, 0.3) is 0 Å². The predicted octanol–water partition coefficient (Wildman–Crippen LogP) is 3.21. The van der Waals surface area contributed by atoms with E-state index in [0.717, 1.165) is 18.2 Å². The monoisotopic (exact) mass is 483 g/mol. The Bertz CT molecular complexity index is 1400. The molecule has 1 aromatic carbocycles. The molecule has 0 amide bonds. The summed E-state index contributed by atoms with van der Waals surface area (Å²) in [5.74, 6) is -0.638. The van der Waals surface area contributed by atoms with Crippen LogP contribution in [0.3, 0.4) is 0 Å². The molecule has 0 spiro atoms. The number of benzene rings is 1. The van der Waals surface area contributed by atoms with Gasteiger partial charge in [0.1, 0.15) is 41.2 Å². The van der Waals surface area contributed by atoms with Crippen LogP contribution in [0.5, 0.6) is 0 Å². The van der Waals surface area contributed by atoms with Crippen LogP contribution >= 0.6 is 0 Å². The highest BCUT2D eigenvalue weighted by atomic mass is 19.1. The molecule has 12 heteroatoms. The lowest BCUT2D eigenvalue weighted by atomic mass is 10.0. The number of pyridine rings is 1. The van der Waals surface area contributed by atoms with Gasteiger partial charge in [-0.3, -0.25) is 0 Å². The van der Waals surface area contributed by atoms with Crippen LogP contribution in [-0.2, 0) is 0 Å². The largest absolute Gasteiger partial charge is 0.391 e. The summed E-state index contributed by atoms with van der Waals surface area (Å²) in [5.41, 5.74) is 1.26. The van der Waals surface area contributed by atoms with Crippen molar-refractivity contribution in [1.29, 1.82) is 0 Å². The minimum absolute atomic E-state index is 0.00806. The average Bonchev–Trinajstić information content (AvgIpc) is 3.59. The topological polar surface area (TPSA) is 104 Å². The van der Waals surface area contributed by atoms with Gasteiger partial charge in [0, 0.05) is 25.1 Å². The van der Waals surface area contributed by atoms with E-state index in [9.17, 15) is 18.3 Å². The summed E-state index contributed by atoms with van der Waals surface area (Å²) in [6.07, 6.45) is 0.283. The van der Waals surface area contributed by atoms with E-state index in [1.807, 2.05) is 0 Å². The Labute approximate surface area is 197 Å². The van der Waals surface area contributed by atoms with Crippen LogP contribution in [0.15, 0.2) is 41.2 Å². The standard InChI is InChI=1S/C23H20F3N7O2/c24-12-1-2-16(26)15(7-12)18-8-13(25)9-33(18)19-4-3-17-20(29-19)21(28-11-27-17)22-30-23(35-31-22)32-6-5-14(34)10-32/h1-4,7,11,13-14,18,34H,5-6,8-10H2/t13-,14-,18+/m0/s1. The third kappa shape index (κ3) is 3.93. The van der Waals surface area contributed by atoms with E-state index in [1.165, 1.54) is 6.33 Å². The SMILES string of the molecule is O[C@H]1CCN(c2nc(-c3ncnc4ccc(N5C[C@@H](F)C[C@@H]5c5cc(F)ccc5F)nc34)no2)C1. The average molecular weight is 483 g/mol. The normalized spacial score (nSPS) is 22.5. The molecule has 0 aliphatic carbocycles. The predicted molar refractivity (Wildman–Crippen MR) is 119 cm³/mol. The van der Waals surface area contributed by atoms with E-state index in [1.54, 1.807) is 21.9 Å². The molecule has 0 unspecified atom stereocenters. The first-order valence-electron chi connectivity index (χ1n) is 11.2. The number of nitrogens with zero attached hydrogens (tertiary/aromatic N) is 7. The Kier molecular flexibility index (Phi) is 5.24. The molecular formula is C23H20F3N7O2. The van der Waals surface area contributed by atoms with Crippen molar-refractivity contribution in [3.8, 4) is 11.5 Å². The zero-order valence-corrected chi connectivity index (χ0v) is 18.4. The zero-order valence-electron chi connectivity index (χ0n) is 18.4. The molecule has 35 heavy (non-hydrogen) atoms. The first-order chi connectivity index (χ1) is 17.0. The van der Waals surface area contributed by atoms with Crippen LogP contribution in [0.4, 0.5) is 25.0 Å². The number of β-amino-alcohol motifs (C(OH)–C–C–N with tert-alkyl or cyclic N) is 1. The first-order valence-corrected chi connectivity index (χ1v) is 11.2. The second-order valence-electron chi connectivity index (χ2n) is 8.72. The number of halogens is 3. The summed E-state index contributed by atoms with van der Waals surface area (Å²) in [4.78, 5) is 21.0. The van der Waals surface area contributed by atoms with E-state index < -0.39 is 30.0 Å². The molecule has 3 aromatic heterocycles. The summed E-state index contributed by atoms with van der Waals surface area (Å²) in [6, 6.07) is 6.07. The molecule has 1 N–H and O–H groups in total. The minimum atomic E-state index is -1.23. The molecule has 2 saturated heterocycles. The Hall–Kier alpha value is -3.80. The Morgan fingerprint density at radius 2 is 1.94 bits per heavy atom. The van der Waals surface area contributed by atoms with Crippen LogP contribution in [0.1, 0.15) is 24.4 Å². The van der Waals surface area contributed by atoms with Gasteiger partial charge in [0.15, 0.2) is 0 Å². The van der Waals surface area contributed by atoms with Crippen molar-refractivity contribution in [3.05, 3.63) is 53.9 Å². The molecule has 9 nitrogen and oxygen atoms in total. The third-order valence-electron chi connectivity index (χ3n) is 6.39. The molecule has 0 saturated carbocycles. The minimum Gasteiger partial charge on any atom is -0.391 e. The zero-order chi connectivity index (χ0) is 24.1. The van der Waals surface area contributed by atoms with Crippen molar-refractivity contribution in [3.63, 3.8) is 0 Å². The molecule has 5 heterocycles. The van der Waals surface area contributed by atoms with Crippen molar-refractivity contribution in [1.82, 2.24) is 25.1 Å². The summed E-state index contributed by atoms with van der Waals surface area (Å²) >= 11 is 0. The highest BCUT2D eigenvalue weighted by Gasteiger charge is 2.36. The number of anilines is 2. The summed E-state index contributed by atoms with van der Waals surface area (Å²) in [7, 11) is 0. The van der Waals surface area contributed by atoms with E-state index >= 15 is 0 Å². The van der Waals surface area contributed by atoms with Gasteiger partial charge in [-0.1, -0.05) is 5.16 Å². The fraction of sp³-hybridized carbons (Fsp3) is 0.348. The van der Waals surface area contributed by atoms with Crippen molar-refractivity contribution >= 4 is 22.9 Å². The maximum Gasteiger partial charge on any atom is 0.324 e. The van der Waals surface area contributed by atoms with Crippen LogP contribution in [-0.4, -0.2) is 62.1 Å². The number of aliphatic hydroxyl groups is 1. The smallest absolute Gasteiger partial charge is 0.324 e. The van der Waals surface area contributed by atoms with Crippen molar-refractivity contribution in [2.24, 2.45) is 0 Å². The van der Waals surface area contributed by atoms with Gasteiger partial charge in [-0.05, 0) is 36.8 Å². The molecule has 2 aliphatic rings.